The Balaban J connectivity index is 1.94. The summed E-state index contributed by atoms with van der Waals surface area (Å²) in [5.41, 5.74) is 3.11. The number of rotatable bonds is 6. The first-order valence-corrected chi connectivity index (χ1v) is 8.00. The van der Waals surface area contributed by atoms with Crippen molar-refractivity contribution in [3.8, 4) is 0 Å². The summed E-state index contributed by atoms with van der Waals surface area (Å²) in [6.07, 6.45) is 0.426. The van der Waals surface area contributed by atoms with Crippen LogP contribution in [0.25, 0.3) is 0 Å². The molecule has 4 nitrogen and oxygen atoms in total. The molecule has 1 amide bonds. The van der Waals surface area contributed by atoms with Crippen molar-refractivity contribution >= 4 is 22.9 Å². The molecule has 0 aliphatic carbocycles. The van der Waals surface area contributed by atoms with Crippen LogP contribution in [-0.4, -0.2) is 17.4 Å². The van der Waals surface area contributed by atoms with Gasteiger partial charge in [0.15, 0.2) is 0 Å². The van der Waals surface area contributed by atoms with Gasteiger partial charge in [-0.3, -0.25) is 4.79 Å². The van der Waals surface area contributed by atoms with Crippen LogP contribution in [0.5, 0.6) is 0 Å². The SMILES string of the molecule is CCNC(=O)Cc1ccc(NC(C)c2csc(C)n2)cc1. The standard InChI is InChI=1S/C16H21N3OS/c1-4-17-16(20)9-13-5-7-14(8-6-13)18-11(2)15-10-21-12(3)19-15/h5-8,10-11,18H,4,9H2,1-3H3,(H,17,20). The average molecular weight is 303 g/mol. The van der Waals surface area contributed by atoms with Crippen LogP contribution in [0.15, 0.2) is 29.6 Å². The summed E-state index contributed by atoms with van der Waals surface area (Å²) in [5, 5.41) is 9.38. The minimum absolute atomic E-state index is 0.0597. The minimum Gasteiger partial charge on any atom is -0.377 e. The molecule has 2 rings (SSSR count). The molecule has 21 heavy (non-hydrogen) atoms. The molecule has 1 aromatic heterocycles. The van der Waals surface area contributed by atoms with Crippen molar-refractivity contribution in [1.29, 1.82) is 0 Å². The van der Waals surface area contributed by atoms with Crippen LogP contribution in [0.2, 0.25) is 0 Å². The maximum absolute atomic E-state index is 11.5. The van der Waals surface area contributed by atoms with Gasteiger partial charge < -0.3 is 10.6 Å². The molecule has 2 N–H and O–H groups in total. The summed E-state index contributed by atoms with van der Waals surface area (Å²) in [5.74, 6) is 0.0597. The van der Waals surface area contributed by atoms with Crippen LogP contribution >= 0.6 is 11.3 Å². The van der Waals surface area contributed by atoms with E-state index in [1.54, 1.807) is 11.3 Å². The Labute approximate surface area is 129 Å². The van der Waals surface area contributed by atoms with Crippen LogP contribution in [-0.2, 0) is 11.2 Å². The Morgan fingerprint density at radius 2 is 2.05 bits per heavy atom. The number of anilines is 1. The lowest BCUT2D eigenvalue weighted by Gasteiger charge is -2.13. The van der Waals surface area contributed by atoms with E-state index in [9.17, 15) is 4.79 Å². The fourth-order valence-corrected chi connectivity index (χ4v) is 2.77. The normalized spacial score (nSPS) is 12.0. The van der Waals surface area contributed by atoms with Crippen molar-refractivity contribution in [2.24, 2.45) is 0 Å². The maximum Gasteiger partial charge on any atom is 0.224 e. The Kier molecular flexibility index (Phi) is 5.33. The van der Waals surface area contributed by atoms with Crippen molar-refractivity contribution in [3.63, 3.8) is 0 Å². The third-order valence-corrected chi connectivity index (χ3v) is 3.95. The molecule has 0 aliphatic heterocycles. The van der Waals surface area contributed by atoms with E-state index < -0.39 is 0 Å². The summed E-state index contributed by atoms with van der Waals surface area (Å²) in [6, 6.07) is 8.14. The molecular formula is C16H21N3OS. The van der Waals surface area contributed by atoms with Crippen molar-refractivity contribution < 1.29 is 4.79 Å². The second-order valence-corrected chi connectivity index (χ2v) is 6.05. The summed E-state index contributed by atoms with van der Waals surface area (Å²) in [6.45, 7) is 6.70. The number of amides is 1. The van der Waals surface area contributed by atoms with Gasteiger partial charge in [0, 0.05) is 17.6 Å². The van der Waals surface area contributed by atoms with Gasteiger partial charge in [0.1, 0.15) is 0 Å². The number of nitrogens with zero attached hydrogens (tertiary/aromatic N) is 1. The molecule has 0 spiro atoms. The highest BCUT2D eigenvalue weighted by Crippen LogP contribution is 2.21. The van der Waals surface area contributed by atoms with E-state index in [0.717, 1.165) is 22.0 Å². The first-order valence-electron chi connectivity index (χ1n) is 7.12. The second-order valence-electron chi connectivity index (χ2n) is 4.98. The summed E-state index contributed by atoms with van der Waals surface area (Å²) in [4.78, 5) is 16.0. The van der Waals surface area contributed by atoms with Gasteiger partial charge in [-0.2, -0.15) is 0 Å². The summed E-state index contributed by atoms with van der Waals surface area (Å²) >= 11 is 1.66. The highest BCUT2D eigenvalue weighted by molar-refractivity contribution is 7.09. The van der Waals surface area contributed by atoms with Gasteiger partial charge >= 0.3 is 0 Å². The smallest absolute Gasteiger partial charge is 0.224 e. The number of hydrogen-bond donors (Lipinski definition) is 2. The first kappa shape index (κ1) is 15.5. The molecule has 1 aromatic carbocycles. The molecule has 1 heterocycles. The number of nitrogens with one attached hydrogen (secondary N) is 2. The largest absolute Gasteiger partial charge is 0.377 e. The molecule has 0 fully saturated rings. The van der Waals surface area contributed by atoms with E-state index in [1.807, 2.05) is 38.1 Å². The van der Waals surface area contributed by atoms with E-state index in [1.165, 1.54) is 0 Å². The Hall–Kier alpha value is -1.88. The van der Waals surface area contributed by atoms with E-state index in [4.69, 9.17) is 0 Å². The highest BCUT2D eigenvalue weighted by atomic mass is 32.1. The van der Waals surface area contributed by atoms with Gasteiger partial charge in [0.25, 0.3) is 0 Å². The zero-order valence-corrected chi connectivity index (χ0v) is 13.5. The van der Waals surface area contributed by atoms with Gasteiger partial charge in [0.2, 0.25) is 5.91 Å². The quantitative estimate of drug-likeness (QED) is 0.861. The lowest BCUT2D eigenvalue weighted by atomic mass is 10.1. The van der Waals surface area contributed by atoms with Gasteiger partial charge in [-0.15, -0.1) is 11.3 Å². The van der Waals surface area contributed by atoms with Crippen LogP contribution in [0.1, 0.15) is 36.2 Å². The zero-order valence-electron chi connectivity index (χ0n) is 12.6. The van der Waals surface area contributed by atoms with Crippen LogP contribution in [0.3, 0.4) is 0 Å². The number of benzene rings is 1. The van der Waals surface area contributed by atoms with Gasteiger partial charge in [-0.25, -0.2) is 4.98 Å². The first-order chi connectivity index (χ1) is 10.1. The Bertz CT molecular complexity index is 592. The fourth-order valence-electron chi connectivity index (χ4n) is 2.07. The number of carbonyl (C=O) groups excluding carboxylic acids is 1. The molecule has 2 aromatic rings. The predicted octanol–water partition coefficient (Wildman–Crippen LogP) is 3.30. The maximum atomic E-state index is 11.5. The fraction of sp³-hybridized carbons (Fsp3) is 0.375. The van der Waals surface area contributed by atoms with Gasteiger partial charge in [0.05, 0.1) is 23.2 Å². The monoisotopic (exact) mass is 303 g/mol. The van der Waals surface area contributed by atoms with Crippen LogP contribution < -0.4 is 10.6 Å². The zero-order chi connectivity index (χ0) is 15.2. The number of aromatic nitrogens is 1. The van der Waals surface area contributed by atoms with Crippen molar-refractivity contribution in [2.75, 3.05) is 11.9 Å². The lowest BCUT2D eigenvalue weighted by molar-refractivity contribution is -0.120. The topological polar surface area (TPSA) is 54.0 Å². The van der Waals surface area contributed by atoms with E-state index in [2.05, 4.69) is 27.9 Å². The van der Waals surface area contributed by atoms with Crippen molar-refractivity contribution in [2.45, 2.75) is 33.2 Å². The van der Waals surface area contributed by atoms with Crippen molar-refractivity contribution in [3.05, 3.63) is 45.9 Å². The third-order valence-electron chi connectivity index (χ3n) is 3.16. The molecule has 112 valence electrons. The Morgan fingerprint density at radius 1 is 1.33 bits per heavy atom. The van der Waals surface area contributed by atoms with Crippen molar-refractivity contribution in [1.82, 2.24) is 10.3 Å². The predicted molar refractivity (Wildman–Crippen MR) is 87.7 cm³/mol. The third kappa shape index (κ3) is 4.56. The summed E-state index contributed by atoms with van der Waals surface area (Å²) < 4.78 is 0. The Morgan fingerprint density at radius 3 is 2.62 bits per heavy atom. The average Bonchev–Trinajstić information content (AvgIpc) is 2.88. The van der Waals surface area contributed by atoms with E-state index in [-0.39, 0.29) is 11.9 Å². The minimum atomic E-state index is 0.0597. The number of aryl methyl sites for hydroxylation is 1. The lowest BCUT2D eigenvalue weighted by Crippen LogP contribution is -2.24. The van der Waals surface area contributed by atoms with Gasteiger partial charge in [-0.05, 0) is 38.5 Å². The molecule has 0 radical (unpaired) electrons. The molecule has 0 saturated heterocycles. The second kappa shape index (κ2) is 7.22. The van der Waals surface area contributed by atoms with Crippen LogP contribution in [0, 0.1) is 6.92 Å². The number of carbonyl (C=O) groups is 1. The number of thiazole rings is 1. The molecule has 1 unspecified atom stereocenters. The van der Waals surface area contributed by atoms with Crippen LogP contribution in [0.4, 0.5) is 5.69 Å². The molecule has 0 saturated carbocycles. The molecule has 0 bridgehead atoms. The molecule has 1 atom stereocenters. The van der Waals surface area contributed by atoms with E-state index in [0.29, 0.717) is 13.0 Å². The number of hydrogen-bond acceptors (Lipinski definition) is 4. The number of likely N-dealkylation sites (N-methyl/N-ethyl adjacent to an activating group) is 1. The highest BCUT2D eigenvalue weighted by Gasteiger charge is 2.09. The molecule has 5 heteroatoms. The molecule has 0 aliphatic rings. The summed E-state index contributed by atoms with van der Waals surface area (Å²) in [7, 11) is 0. The van der Waals surface area contributed by atoms with E-state index >= 15 is 0 Å². The molecular weight excluding hydrogens is 282 g/mol. The van der Waals surface area contributed by atoms with Gasteiger partial charge in [-0.1, -0.05) is 12.1 Å².